The van der Waals surface area contributed by atoms with Crippen LogP contribution in [0.15, 0.2) is 66.7 Å². The Morgan fingerprint density at radius 3 is 2.36 bits per heavy atom. The zero-order chi connectivity index (χ0) is 23.5. The van der Waals surface area contributed by atoms with Crippen LogP contribution < -0.4 is 20.5 Å². The molecule has 0 bridgehead atoms. The van der Waals surface area contributed by atoms with Crippen molar-refractivity contribution >= 4 is 34.2 Å². The van der Waals surface area contributed by atoms with E-state index in [2.05, 4.69) is 5.32 Å². The first-order valence-electron chi connectivity index (χ1n) is 10.5. The average Bonchev–Trinajstić information content (AvgIpc) is 3.15. The van der Waals surface area contributed by atoms with Gasteiger partial charge in [0.15, 0.2) is 11.5 Å². The van der Waals surface area contributed by atoms with Crippen molar-refractivity contribution in [3.05, 3.63) is 83.4 Å². The number of para-hydroxylation sites is 2. The van der Waals surface area contributed by atoms with Crippen LogP contribution >= 0.6 is 0 Å². The molecule has 0 atom stereocenters. The second kappa shape index (κ2) is 9.08. The number of benzene rings is 3. The highest BCUT2D eigenvalue weighted by Crippen LogP contribution is 2.32. The predicted molar refractivity (Wildman–Crippen MR) is 129 cm³/mol. The third-order valence-corrected chi connectivity index (χ3v) is 5.62. The van der Waals surface area contributed by atoms with Crippen molar-refractivity contribution < 1.29 is 19.1 Å². The van der Waals surface area contributed by atoms with Crippen molar-refractivity contribution in [1.29, 1.82) is 0 Å². The number of rotatable bonds is 6. The molecule has 7 heteroatoms. The number of hydrogen-bond donors (Lipinski definition) is 2. The van der Waals surface area contributed by atoms with Gasteiger partial charge in [-0.05, 0) is 42.3 Å². The minimum Gasteiger partial charge on any atom is -0.493 e. The number of anilines is 2. The molecule has 1 amide bonds. The van der Waals surface area contributed by atoms with Crippen molar-refractivity contribution in [2.45, 2.75) is 13.3 Å². The molecule has 3 aromatic carbocycles. The fourth-order valence-electron chi connectivity index (χ4n) is 3.95. The number of aryl methyl sites for hydroxylation is 1. The maximum atomic E-state index is 13.5. The molecular weight excluding hydrogens is 418 g/mol. The lowest BCUT2D eigenvalue weighted by molar-refractivity contribution is 0.0967. The first-order chi connectivity index (χ1) is 16.0. The van der Waals surface area contributed by atoms with Crippen LogP contribution in [0.2, 0.25) is 0 Å². The van der Waals surface area contributed by atoms with E-state index in [4.69, 9.17) is 15.2 Å². The fraction of sp³-hybridized carbons (Fsp3) is 0.154. The van der Waals surface area contributed by atoms with E-state index in [0.29, 0.717) is 33.7 Å². The van der Waals surface area contributed by atoms with Gasteiger partial charge in [0.05, 0.1) is 25.3 Å². The number of nitrogens with one attached hydrogen (secondary N) is 1. The number of nitrogens with two attached hydrogens (primary N) is 1. The number of fused-ring (bicyclic) bond motifs is 1. The van der Waals surface area contributed by atoms with E-state index in [1.807, 2.05) is 37.3 Å². The van der Waals surface area contributed by atoms with Gasteiger partial charge in [-0.1, -0.05) is 43.3 Å². The summed E-state index contributed by atoms with van der Waals surface area (Å²) in [6.45, 7) is 2.02. The molecule has 0 spiro atoms. The molecule has 4 rings (SSSR count). The quantitative estimate of drug-likeness (QED) is 0.449. The molecule has 0 aliphatic carbocycles. The summed E-state index contributed by atoms with van der Waals surface area (Å²) in [5, 5.41) is 3.55. The minimum atomic E-state index is -0.377. The third kappa shape index (κ3) is 3.89. The molecule has 3 N–H and O–H groups in total. The standard InChI is InChI=1S/C26H25N3O4/c1-4-16-9-5-7-11-19(16)28-25(30)23-18-10-6-8-12-20(18)29(24(23)27)26(31)17-13-14-21(32-2)22(15-17)33-3/h5-15H,4,27H2,1-3H3,(H,28,30). The van der Waals surface area contributed by atoms with Gasteiger partial charge < -0.3 is 20.5 Å². The summed E-state index contributed by atoms with van der Waals surface area (Å²) in [6, 6.07) is 19.6. The predicted octanol–water partition coefficient (Wildman–Crippen LogP) is 4.74. The molecule has 1 aromatic heterocycles. The Balaban J connectivity index is 1.81. The lowest BCUT2D eigenvalue weighted by Crippen LogP contribution is -2.18. The maximum absolute atomic E-state index is 13.5. The molecule has 0 saturated carbocycles. The SMILES string of the molecule is CCc1ccccc1NC(=O)c1c(N)n(C(=O)c2ccc(OC)c(OC)c2)c2ccccc12. The van der Waals surface area contributed by atoms with E-state index < -0.39 is 0 Å². The largest absolute Gasteiger partial charge is 0.493 e. The minimum absolute atomic E-state index is 0.0717. The van der Waals surface area contributed by atoms with Crippen LogP contribution in [0.4, 0.5) is 11.5 Å². The summed E-state index contributed by atoms with van der Waals surface area (Å²) >= 11 is 0. The van der Waals surface area contributed by atoms with Crippen LogP contribution in [0.1, 0.15) is 33.2 Å². The molecule has 0 radical (unpaired) electrons. The van der Waals surface area contributed by atoms with Gasteiger partial charge in [-0.25, -0.2) is 0 Å². The first-order valence-corrected chi connectivity index (χ1v) is 10.5. The molecule has 0 saturated heterocycles. The Labute approximate surface area is 191 Å². The lowest BCUT2D eigenvalue weighted by Gasteiger charge is -2.12. The van der Waals surface area contributed by atoms with E-state index in [1.54, 1.807) is 36.4 Å². The summed E-state index contributed by atoms with van der Waals surface area (Å²) in [5.41, 5.74) is 9.31. The highest BCUT2D eigenvalue weighted by atomic mass is 16.5. The zero-order valence-electron chi connectivity index (χ0n) is 18.7. The molecule has 4 aromatic rings. The smallest absolute Gasteiger partial charge is 0.264 e. The lowest BCUT2D eigenvalue weighted by atomic mass is 10.1. The normalized spacial score (nSPS) is 10.8. The Morgan fingerprint density at radius 1 is 0.939 bits per heavy atom. The van der Waals surface area contributed by atoms with Crippen molar-refractivity contribution in [3.8, 4) is 11.5 Å². The van der Waals surface area contributed by atoms with E-state index in [9.17, 15) is 9.59 Å². The van der Waals surface area contributed by atoms with E-state index >= 15 is 0 Å². The van der Waals surface area contributed by atoms with Gasteiger partial charge in [0.25, 0.3) is 11.8 Å². The number of ether oxygens (including phenoxy) is 2. The van der Waals surface area contributed by atoms with Crippen LogP contribution in [0, 0.1) is 0 Å². The highest BCUT2D eigenvalue weighted by molar-refractivity contribution is 6.20. The monoisotopic (exact) mass is 443 g/mol. The molecular formula is C26H25N3O4. The van der Waals surface area contributed by atoms with Crippen LogP contribution in [0.25, 0.3) is 10.9 Å². The van der Waals surface area contributed by atoms with Gasteiger partial charge >= 0.3 is 0 Å². The number of hydrogen-bond acceptors (Lipinski definition) is 5. The maximum Gasteiger partial charge on any atom is 0.264 e. The number of carbonyl (C=O) groups excluding carboxylic acids is 2. The molecule has 0 fully saturated rings. The molecule has 168 valence electrons. The fourth-order valence-corrected chi connectivity index (χ4v) is 3.95. The first kappa shape index (κ1) is 22.0. The number of nitrogens with zero attached hydrogens (tertiary/aromatic N) is 1. The Bertz CT molecular complexity index is 1360. The summed E-state index contributed by atoms with van der Waals surface area (Å²) in [5.74, 6) is 0.255. The Morgan fingerprint density at radius 2 is 1.64 bits per heavy atom. The van der Waals surface area contributed by atoms with E-state index in [-0.39, 0.29) is 23.2 Å². The van der Waals surface area contributed by atoms with Crippen molar-refractivity contribution in [2.24, 2.45) is 0 Å². The number of amides is 1. The summed E-state index contributed by atoms with van der Waals surface area (Å²) in [7, 11) is 3.03. The summed E-state index contributed by atoms with van der Waals surface area (Å²) in [6.07, 6.45) is 0.769. The zero-order valence-corrected chi connectivity index (χ0v) is 18.7. The topological polar surface area (TPSA) is 95.6 Å². The molecule has 7 nitrogen and oxygen atoms in total. The van der Waals surface area contributed by atoms with Crippen molar-refractivity contribution in [2.75, 3.05) is 25.3 Å². The molecule has 33 heavy (non-hydrogen) atoms. The highest BCUT2D eigenvalue weighted by Gasteiger charge is 2.25. The van der Waals surface area contributed by atoms with E-state index in [1.165, 1.54) is 18.8 Å². The van der Waals surface area contributed by atoms with Crippen LogP contribution in [-0.4, -0.2) is 30.6 Å². The van der Waals surface area contributed by atoms with Crippen LogP contribution in [0.5, 0.6) is 11.5 Å². The molecule has 0 aliphatic rings. The van der Waals surface area contributed by atoms with Gasteiger partial charge in [0, 0.05) is 16.6 Å². The van der Waals surface area contributed by atoms with Crippen molar-refractivity contribution in [1.82, 2.24) is 4.57 Å². The molecule has 0 aliphatic heterocycles. The van der Waals surface area contributed by atoms with Gasteiger partial charge in [-0.15, -0.1) is 0 Å². The van der Waals surface area contributed by atoms with Gasteiger partial charge in [0.2, 0.25) is 0 Å². The number of carbonyl (C=O) groups is 2. The second-order valence-electron chi connectivity index (χ2n) is 7.45. The van der Waals surface area contributed by atoms with Crippen LogP contribution in [0.3, 0.4) is 0 Å². The Hall–Kier alpha value is -4.26. The van der Waals surface area contributed by atoms with Crippen LogP contribution in [-0.2, 0) is 6.42 Å². The average molecular weight is 444 g/mol. The van der Waals surface area contributed by atoms with Gasteiger partial charge in [-0.3, -0.25) is 14.2 Å². The van der Waals surface area contributed by atoms with Gasteiger partial charge in [0.1, 0.15) is 5.82 Å². The number of nitrogen functional groups attached to an aromatic ring is 1. The van der Waals surface area contributed by atoms with Gasteiger partial charge in [-0.2, -0.15) is 0 Å². The number of methoxy groups -OCH3 is 2. The molecule has 1 heterocycles. The Kier molecular flexibility index (Phi) is 6.04. The number of aromatic nitrogens is 1. The molecule has 0 unspecified atom stereocenters. The second-order valence-corrected chi connectivity index (χ2v) is 7.45. The van der Waals surface area contributed by atoms with E-state index in [0.717, 1.165) is 12.0 Å². The third-order valence-electron chi connectivity index (χ3n) is 5.62. The summed E-state index contributed by atoms with van der Waals surface area (Å²) in [4.78, 5) is 26.8. The summed E-state index contributed by atoms with van der Waals surface area (Å²) < 4.78 is 11.9. The van der Waals surface area contributed by atoms with Crippen molar-refractivity contribution in [3.63, 3.8) is 0 Å².